The Morgan fingerprint density at radius 3 is 2.55 bits per heavy atom. The first-order valence-electron chi connectivity index (χ1n) is 3.46. The predicted octanol–water partition coefficient (Wildman–Crippen LogP) is 3.89. The first-order chi connectivity index (χ1) is 5.15. The predicted molar refractivity (Wildman–Crippen MR) is 58.7 cm³/mol. The van der Waals surface area contributed by atoms with Crippen LogP contribution in [0.15, 0.2) is 12.1 Å². The van der Waals surface area contributed by atoms with Crippen molar-refractivity contribution in [1.29, 1.82) is 0 Å². The molecule has 0 atom stereocenters. The van der Waals surface area contributed by atoms with Gasteiger partial charge in [0.1, 0.15) is 0 Å². The first-order valence-corrected chi connectivity index (χ1v) is 5.37. The molecule has 0 radical (unpaired) electrons. The molecule has 11 heavy (non-hydrogen) atoms. The van der Waals surface area contributed by atoms with E-state index in [-0.39, 0.29) is 0 Å². The fourth-order valence-electron chi connectivity index (χ4n) is 1.03. The minimum atomic E-state index is 0.886. The van der Waals surface area contributed by atoms with E-state index in [1.165, 1.54) is 16.7 Å². The minimum absolute atomic E-state index is 0.886. The molecule has 0 aliphatic carbocycles. The van der Waals surface area contributed by atoms with E-state index in [1.807, 2.05) is 6.07 Å². The van der Waals surface area contributed by atoms with Crippen LogP contribution in [-0.4, -0.2) is 0 Å². The zero-order valence-corrected chi connectivity index (χ0v) is 9.53. The smallest absolute Gasteiger partial charge is 0.0440 e. The second kappa shape index (κ2) is 3.76. The molecule has 0 aromatic heterocycles. The van der Waals surface area contributed by atoms with E-state index >= 15 is 0 Å². The van der Waals surface area contributed by atoms with Crippen LogP contribution in [0.3, 0.4) is 0 Å². The molecule has 0 nitrogen and oxygen atoms in total. The van der Waals surface area contributed by atoms with Gasteiger partial charge in [0.25, 0.3) is 0 Å². The molecule has 0 bridgehead atoms. The number of hydrogen-bond donors (Lipinski definition) is 0. The Labute approximate surface area is 86.1 Å². The lowest BCUT2D eigenvalue weighted by Crippen LogP contribution is -1.87. The van der Waals surface area contributed by atoms with Crippen LogP contribution < -0.4 is 0 Å². The quantitative estimate of drug-likeness (QED) is 0.541. The average molecular weight is 281 g/mol. The number of halogens is 2. The van der Waals surface area contributed by atoms with E-state index in [9.17, 15) is 0 Å². The van der Waals surface area contributed by atoms with Gasteiger partial charge in [0, 0.05) is 9.45 Å². The molecule has 1 rings (SSSR count). The highest BCUT2D eigenvalue weighted by atomic mass is 127. The molecular formula is C9H10ClI. The zero-order valence-electron chi connectivity index (χ0n) is 6.62. The molecule has 0 unspecified atom stereocenters. The molecule has 0 spiro atoms. The van der Waals surface area contributed by atoms with E-state index < -0.39 is 0 Å². The normalized spacial score (nSPS) is 10.2. The van der Waals surface area contributed by atoms with Gasteiger partial charge in [-0.05, 0) is 36.6 Å². The topological polar surface area (TPSA) is 0 Å². The molecule has 60 valence electrons. The highest BCUT2D eigenvalue weighted by Gasteiger charge is 2.01. The third-order valence-corrected chi connectivity index (χ3v) is 2.95. The van der Waals surface area contributed by atoms with Crippen molar-refractivity contribution in [3.63, 3.8) is 0 Å². The van der Waals surface area contributed by atoms with Crippen LogP contribution in [0, 0.1) is 13.8 Å². The summed E-state index contributed by atoms with van der Waals surface area (Å²) in [7, 11) is 0. The lowest BCUT2D eigenvalue weighted by molar-refractivity contribution is 1.29. The minimum Gasteiger partial charge on any atom is -0.0840 e. The molecule has 0 aliphatic heterocycles. The lowest BCUT2D eigenvalue weighted by Gasteiger charge is -2.05. The second-order valence-corrected chi connectivity index (χ2v) is 3.83. The van der Waals surface area contributed by atoms with Crippen molar-refractivity contribution in [2.75, 3.05) is 0 Å². The lowest BCUT2D eigenvalue weighted by atomic mass is 10.1. The van der Waals surface area contributed by atoms with Crippen molar-refractivity contribution in [3.8, 4) is 0 Å². The molecule has 0 aliphatic rings. The molecule has 0 heterocycles. The monoisotopic (exact) mass is 280 g/mol. The van der Waals surface area contributed by atoms with Crippen LogP contribution in [0.1, 0.15) is 16.7 Å². The number of rotatable bonds is 1. The first kappa shape index (κ1) is 9.33. The van der Waals surface area contributed by atoms with Crippen LogP contribution in [0.25, 0.3) is 0 Å². The molecule has 1 aromatic carbocycles. The van der Waals surface area contributed by atoms with Gasteiger partial charge in [0.05, 0.1) is 0 Å². The highest BCUT2D eigenvalue weighted by molar-refractivity contribution is 14.1. The third kappa shape index (κ3) is 2.09. The molecule has 0 N–H and O–H groups in total. The maximum atomic E-state index is 5.99. The molecule has 0 fully saturated rings. The summed E-state index contributed by atoms with van der Waals surface area (Å²) in [6, 6.07) is 4.19. The largest absolute Gasteiger partial charge is 0.0840 e. The maximum Gasteiger partial charge on any atom is 0.0440 e. The van der Waals surface area contributed by atoms with Crippen molar-refractivity contribution >= 4 is 34.2 Å². The van der Waals surface area contributed by atoms with Crippen LogP contribution in [0.2, 0.25) is 5.02 Å². The van der Waals surface area contributed by atoms with E-state index in [1.54, 1.807) is 0 Å². The summed E-state index contributed by atoms with van der Waals surface area (Å²) in [5.74, 6) is 0. The molecule has 0 amide bonds. The van der Waals surface area contributed by atoms with E-state index in [0.717, 1.165) is 9.45 Å². The summed E-state index contributed by atoms with van der Waals surface area (Å²) in [6.07, 6.45) is 0. The van der Waals surface area contributed by atoms with Crippen molar-refractivity contribution in [3.05, 3.63) is 33.8 Å². The molecule has 0 saturated carbocycles. The van der Waals surface area contributed by atoms with Crippen LogP contribution in [-0.2, 0) is 4.43 Å². The van der Waals surface area contributed by atoms with Gasteiger partial charge < -0.3 is 0 Å². The van der Waals surface area contributed by atoms with E-state index in [2.05, 4.69) is 42.5 Å². The Balaban J connectivity index is 3.24. The van der Waals surface area contributed by atoms with Crippen LogP contribution >= 0.6 is 34.2 Å². The van der Waals surface area contributed by atoms with Gasteiger partial charge in [-0.25, -0.2) is 0 Å². The Morgan fingerprint density at radius 1 is 1.36 bits per heavy atom. The van der Waals surface area contributed by atoms with Crippen molar-refractivity contribution in [2.45, 2.75) is 18.3 Å². The van der Waals surface area contributed by atoms with E-state index in [0.29, 0.717) is 0 Å². The molecular weight excluding hydrogens is 270 g/mol. The maximum absolute atomic E-state index is 5.99. The zero-order chi connectivity index (χ0) is 8.43. The van der Waals surface area contributed by atoms with Gasteiger partial charge in [-0.15, -0.1) is 0 Å². The van der Waals surface area contributed by atoms with Crippen LogP contribution in [0.4, 0.5) is 0 Å². The summed E-state index contributed by atoms with van der Waals surface area (Å²) < 4.78 is 1.03. The number of benzene rings is 1. The molecule has 1 aromatic rings. The van der Waals surface area contributed by atoms with Gasteiger partial charge in [-0.3, -0.25) is 0 Å². The van der Waals surface area contributed by atoms with Crippen LogP contribution in [0.5, 0.6) is 0 Å². The van der Waals surface area contributed by atoms with Crippen molar-refractivity contribution < 1.29 is 0 Å². The summed E-state index contributed by atoms with van der Waals surface area (Å²) >= 11 is 8.35. The van der Waals surface area contributed by atoms with Gasteiger partial charge in [0.2, 0.25) is 0 Å². The summed E-state index contributed by atoms with van der Waals surface area (Å²) in [4.78, 5) is 0. The number of aryl methyl sites for hydroxylation is 1. The van der Waals surface area contributed by atoms with Gasteiger partial charge in [-0.1, -0.05) is 40.3 Å². The Kier molecular flexibility index (Phi) is 3.19. The fraction of sp³-hybridized carbons (Fsp3) is 0.333. The van der Waals surface area contributed by atoms with Gasteiger partial charge in [-0.2, -0.15) is 0 Å². The third-order valence-electron chi connectivity index (χ3n) is 1.74. The van der Waals surface area contributed by atoms with E-state index in [4.69, 9.17) is 11.6 Å². The Bertz CT molecular complexity index is 269. The second-order valence-electron chi connectivity index (χ2n) is 2.66. The summed E-state index contributed by atoms with van der Waals surface area (Å²) in [5.41, 5.74) is 3.80. The standard InChI is InChI=1S/C9H10ClI/c1-6-3-8(5-11)7(2)9(10)4-6/h3-4H,5H2,1-2H3. The van der Waals surface area contributed by atoms with Gasteiger partial charge in [0.15, 0.2) is 0 Å². The number of hydrogen-bond acceptors (Lipinski definition) is 0. The molecule has 0 saturated heterocycles. The average Bonchev–Trinajstić information content (AvgIpc) is 1.96. The number of alkyl halides is 1. The van der Waals surface area contributed by atoms with Crippen molar-refractivity contribution in [1.82, 2.24) is 0 Å². The fourth-order valence-corrected chi connectivity index (χ4v) is 2.11. The van der Waals surface area contributed by atoms with Crippen molar-refractivity contribution in [2.24, 2.45) is 0 Å². The van der Waals surface area contributed by atoms with Gasteiger partial charge >= 0.3 is 0 Å². The molecule has 2 heteroatoms. The summed E-state index contributed by atoms with van der Waals surface area (Å²) in [5, 5.41) is 0.886. The Hall–Kier alpha value is 0.240. The summed E-state index contributed by atoms with van der Waals surface area (Å²) in [6.45, 7) is 4.14. The SMILES string of the molecule is Cc1cc(Cl)c(C)c(CI)c1. The Morgan fingerprint density at radius 2 is 2.00 bits per heavy atom. The highest BCUT2D eigenvalue weighted by Crippen LogP contribution is 2.22.